The second kappa shape index (κ2) is 9.44. The zero-order chi connectivity index (χ0) is 15.6. The summed E-state index contributed by atoms with van der Waals surface area (Å²) >= 11 is 0. The molecule has 1 fully saturated rings. The van der Waals surface area contributed by atoms with Gasteiger partial charge >= 0.3 is 0 Å². The summed E-state index contributed by atoms with van der Waals surface area (Å²) in [6.45, 7) is 0. The molecule has 0 radical (unpaired) electrons. The first-order chi connectivity index (χ1) is 10.8. The van der Waals surface area contributed by atoms with Gasteiger partial charge in [-0.2, -0.15) is 0 Å². The predicted molar refractivity (Wildman–Crippen MR) is 88.2 cm³/mol. The van der Waals surface area contributed by atoms with E-state index in [4.69, 9.17) is 0 Å². The lowest BCUT2D eigenvalue weighted by Crippen LogP contribution is -2.35. The van der Waals surface area contributed by atoms with Crippen molar-refractivity contribution in [3.8, 4) is 0 Å². The van der Waals surface area contributed by atoms with E-state index >= 15 is 0 Å². The van der Waals surface area contributed by atoms with Crippen molar-refractivity contribution in [1.82, 2.24) is 10.3 Å². The van der Waals surface area contributed by atoms with Crippen LogP contribution < -0.4 is 5.32 Å². The van der Waals surface area contributed by atoms with Crippen LogP contribution in [0.1, 0.15) is 91.5 Å². The largest absolute Gasteiger partial charge is 0.357 e. The van der Waals surface area contributed by atoms with Crippen LogP contribution in [0.4, 0.5) is 0 Å². The first-order valence-electron chi connectivity index (χ1n) is 8.74. The molecule has 1 heterocycles. The Labute approximate surface area is 133 Å². The number of aromatic amines is 1. The Morgan fingerprint density at radius 3 is 2.05 bits per heavy atom. The number of amides is 1. The number of hydrogen-bond donors (Lipinski definition) is 2. The van der Waals surface area contributed by atoms with Gasteiger partial charge < -0.3 is 10.3 Å². The van der Waals surface area contributed by atoms with Gasteiger partial charge in [-0.3, -0.25) is 9.59 Å². The number of aldehydes is 1. The van der Waals surface area contributed by atoms with E-state index in [-0.39, 0.29) is 11.9 Å². The van der Waals surface area contributed by atoms with Gasteiger partial charge in [-0.1, -0.05) is 57.8 Å². The fraction of sp³-hybridized carbons (Fsp3) is 0.667. The smallest absolute Gasteiger partial charge is 0.267 e. The summed E-state index contributed by atoms with van der Waals surface area (Å²) in [5.74, 6) is -0.0924. The lowest BCUT2D eigenvalue weighted by atomic mass is 9.98. The number of H-pyrrole nitrogens is 1. The highest BCUT2D eigenvalue weighted by Gasteiger charge is 2.15. The number of aromatic nitrogens is 1. The van der Waals surface area contributed by atoms with Crippen LogP contribution in [0.25, 0.3) is 0 Å². The average Bonchev–Trinajstić information content (AvgIpc) is 2.99. The number of carbonyl (C=O) groups excluding carboxylic acids is 2. The molecule has 0 unspecified atom stereocenters. The van der Waals surface area contributed by atoms with Crippen LogP contribution in [0.5, 0.6) is 0 Å². The van der Waals surface area contributed by atoms with E-state index in [1.54, 1.807) is 12.3 Å². The molecule has 1 aliphatic rings. The van der Waals surface area contributed by atoms with E-state index in [9.17, 15) is 9.59 Å². The molecular weight excluding hydrogens is 276 g/mol. The maximum atomic E-state index is 12.3. The average molecular weight is 304 g/mol. The topological polar surface area (TPSA) is 62.0 Å². The Kier molecular flexibility index (Phi) is 7.20. The summed E-state index contributed by atoms with van der Waals surface area (Å²) < 4.78 is 0. The summed E-state index contributed by atoms with van der Waals surface area (Å²) in [7, 11) is 0. The van der Waals surface area contributed by atoms with Gasteiger partial charge in [0.05, 0.1) is 0 Å². The van der Waals surface area contributed by atoms with Crippen LogP contribution in [-0.4, -0.2) is 23.2 Å². The van der Waals surface area contributed by atoms with Crippen LogP contribution in [0.15, 0.2) is 12.3 Å². The van der Waals surface area contributed by atoms with Crippen LogP contribution >= 0.6 is 0 Å². The molecular formula is C18H28N2O2. The van der Waals surface area contributed by atoms with Crippen LogP contribution in [0, 0.1) is 0 Å². The van der Waals surface area contributed by atoms with Gasteiger partial charge in [0.15, 0.2) is 6.29 Å². The van der Waals surface area contributed by atoms with Crippen molar-refractivity contribution in [3.05, 3.63) is 23.5 Å². The van der Waals surface area contributed by atoms with Crippen molar-refractivity contribution in [3.63, 3.8) is 0 Å². The summed E-state index contributed by atoms with van der Waals surface area (Å²) in [5, 5.41) is 3.14. The number of hydrogen-bond acceptors (Lipinski definition) is 2. The fourth-order valence-corrected chi connectivity index (χ4v) is 3.18. The molecule has 22 heavy (non-hydrogen) atoms. The molecule has 1 aromatic heterocycles. The Hall–Kier alpha value is -1.58. The third kappa shape index (κ3) is 5.66. The van der Waals surface area contributed by atoms with Gasteiger partial charge in [0.1, 0.15) is 5.69 Å². The highest BCUT2D eigenvalue weighted by Crippen LogP contribution is 2.17. The molecule has 1 aromatic rings. The quantitative estimate of drug-likeness (QED) is 0.821. The van der Waals surface area contributed by atoms with E-state index in [1.807, 2.05) is 0 Å². The van der Waals surface area contributed by atoms with Crippen molar-refractivity contribution < 1.29 is 9.59 Å². The van der Waals surface area contributed by atoms with Crippen LogP contribution in [0.3, 0.4) is 0 Å². The Bertz CT molecular complexity index is 455. The Morgan fingerprint density at radius 2 is 1.55 bits per heavy atom. The molecule has 0 atom stereocenters. The zero-order valence-corrected chi connectivity index (χ0v) is 13.4. The fourth-order valence-electron chi connectivity index (χ4n) is 3.18. The molecule has 0 aromatic carbocycles. The van der Waals surface area contributed by atoms with Gasteiger partial charge in [-0.05, 0) is 18.9 Å². The first-order valence-corrected chi connectivity index (χ1v) is 8.74. The van der Waals surface area contributed by atoms with E-state index in [1.165, 1.54) is 57.8 Å². The number of nitrogens with one attached hydrogen (secondary N) is 2. The van der Waals surface area contributed by atoms with Crippen molar-refractivity contribution in [1.29, 1.82) is 0 Å². The molecule has 0 bridgehead atoms. The maximum absolute atomic E-state index is 12.3. The Morgan fingerprint density at radius 1 is 1.00 bits per heavy atom. The second-order valence-corrected chi connectivity index (χ2v) is 6.39. The predicted octanol–water partition coefficient (Wildman–Crippen LogP) is 4.23. The monoisotopic (exact) mass is 304 g/mol. The van der Waals surface area contributed by atoms with Gasteiger partial charge in [0.25, 0.3) is 5.91 Å². The van der Waals surface area contributed by atoms with E-state index in [2.05, 4.69) is 10.3 Å². The molecule has 0 aliphatic heterocycles. The highest BCUT2D eigenvalue weighted by atomic mass is 16.2. The molecule has 122 valence electrons. The zero-order valence-electron chi connectivity index (χ0n) is 13.4. The SMILES string of the molecule is O=Cc1c[nH]c(C(=O)NC2CCCCCCCCCCC2)c1. The summed E-state index contributed by atoms with van der Waals surface area (Å²) in [6.07, 6.45) is 16.1. The second-order valence-electron chi connectivity index (χ2n) is 6.39. The molecule has 0 saturated heterocycles. The third-order valence-corrected chi connectivity index (χ3v) is 4.53. The van der Waals surface area contributed by atoms with E-state index in [0.29, 0.717) is 11.3 Å². The van der Waals surface area contributed by atoms with E-state index in [0.717, 1.165) is 19.1 Å². The molecule has 1 saturated carbocycles. The first kappa shape index (κ1) is 16.8. The number of rotatable bonds is 3. The van der Waals surface area contributed by atoms with Crippen LogP contribution in [-0.2, 0) is 0 Å². The maximum Gasteiger partial charge on any atom is 0.267 e. The molecule has 4 nitrogen and oxygen atoms in total. The molecule has 1 aliphatic carbocycles. The minimum absolute atomic E-state index is 0.0924. The normalized spacial score (nSPS) is 18.9. The summed E-state index contributed by atoms with van der Waals surface area (Å²) in [5.41, 5.74) is 0.997. The molecule has 2 rings (SSSR count). The molecule has 0 spiro atoms. The van der Waals surface area contributed by atoms with Crippen molar-refractivity contribution in [2.24, 2.45) is 0 Å². The minimum Gasteiger partial charge on any atom is -0.357 e. The van der Waals surface area contributed by atoms with E-state index < -0.39 is 0 Å². The minimum atomic E-state index is -0.0924. The standard InChI is InChI=1S/C18H28N2O2/c21-14-15-12-17(19-13-15)18(22)20-16-10-8-6-4-2-1-3-5-7-9-11-16/h12-14,16,19H,1-11H2,(H,20,22). The summed E-state index contributed by atoms with van der Waals surface area (Å²) in [6, 6.07) is 1.87. The van der Waals surface area contributed by atoms with Crippen molar-refractivity contribution in [2.45, 2.75) is 76.7 Å². The van der Waals surface area contributed by atoms with Gasteiger partial charge in [0.2, 0.25) is 0 Å². The van der Waals surface area contributed by atoms with Gasteiger partial charge in [0, 0.05) is 17.8 Å². The van der Waals surface area contributed by atoms with Crippen LogP contribution in [0.2, 0.25) is 0 Å². The molecule has 2 N–H and O–H groups in total. The highest BCUT2D eigenvalue weighted by molar-refractivity contribution is 5.94. The van der Waals surface area contributed by atoms with Crippen molar-refractivity contribution >= 4 is 12.2 Å². The molecule has 4 heteroatoms. The Balaban J connectivity index is 1.85. The lowest BCUT2D eigenvalue weighted by molar-refractivity contribution is 0.0927. The van der Waals surface area contributed by atoms with Gasteiger partial charge in [-0.15, -0.1) is 0 Å². The molecule has 1 amide bonds. The number of carbonyl (C=O) groups is 2. The van der Waals surface area contributed by atoms with Crippen molar-refractivity contribution in [2.75, 3.05) is 0 Å². The summed E-state index contributed by atoms with van der Waals surface area (Å²) in [4.78, 5) is 25.8. The lowest BCUT2D eigenvalue weighted by Gasteiger charge is -2.19. The third-order valence-electron chi connectivity index (χ3n) is 4.53. The van der Waals surface area contributed by atoms with Gasteiger partial charge in [-0.25, -0.2) is 0 Å².